The molecular weight excluding hydrogens is 384 g/mol. The third-order valence-electron chi connectivity index (χ3n) is 11.5. The van der Waals surface area contributed by atoms with E-state index >= 15 is 0 Å². The molecule has 0 radical (unpaired) electrons. The number of aliphatic hydroxyl groups is 1. The zero-order valence-corrected chi connectivity index (χ0v) is 19.8. The Labute approximate surface area is 187 Å². The number of carbonyl (C=O) groups is 1. The molecule has 1 N–H and O–H groups in total. The van der Waals surface area contributed by atoms with E-state index in [1.165, 1.54) is 6.42 Å². The highest BCUT2D eigenvalue weighted by molar-refractivity contribution is 5.85. The fourth-order valence-electron chi connectivity index (χ4n) is 10.3. The summed E-state index contributed by atoms with van der Waals surface area (Å²) < 4.78 is 6.53. The van der Waals surface area contributed by atoms with Gasteiger partial charge >= 0.3 is 5.97 Å². The van der Waals surface area contributed by atoms with Gasteiger partial charge in [0.15, 0.2) is 0 Å². The molecule has 0 aromatic carbocycles. The third-order valence-corrected chi connectivity index (χ3v) is 11.5. The van der Waals surface area contributed by atoms with Crippen molar-refractivity contribution in [1.29, 1.82) is 0 Å². The molecule has 6 rings (SSSR count). The number of ether oxygens (including phenoxy) is 1. The Balaban J connectivity index is 1.52. The van der Waals surface area contributed by atoms with Crippen LogP contribution in [0.3, 0.4) is 0 Å². The van der Waals surface area contributed by atoms with Crippen LogP contribution in [0.25, 0.3) is 0 Å². The van der Waals surface area contributed by atoms with Crippen LogP contribution in [0.5, 0.6) is 0 Å². The van der Waals surface area contributed by atoms with Gasteiger partial charge in [0, 0.05) is 11.8 Å². The Kier molecular flexibility index (Phi) is 3.65. The van der Waals surface area contributed by atoms with E-state index in [2.05, 4.69) is 52.5 Å². The number of fused-ring (bicyclic) bond motifs is 3. The Hall–Kier alpha value is -1.35. The number of carbonyl (C=O) groups excluding carboxylic acids is 1. The molecular formula is C28H38O3. The van der Waals surface area contributed by atoms with Crippen LogP contribution in [0.4, 0.5) is 0 Å². The summed E-state index contributed by atoms with van der Waals surface area (Å²) in [7, 11) is 0. The molecule has 0 aromatic heterocycles. The Bertz CT molecular complexity index is 957. The number of allylic oxidation sites excluding steroid dienone is 3. The molecule has 9 unspecified atom stereocenters. The lowest BCUT2D eigenvalue weighted by atomic mass is 9.36. The van der Waals surface area contributed by atoms with Crippen LogP contribution in [0.1, 0.15) is 73.1 Å². The number of hydrogen-bond donors (Lipinski definition) is 1. The second kappa shape index (κ2) is 5.58. The first-order valence-electron chi connectivity index (χ1n) is 12.4. The molecule has 1 aliphatic heterocycles. The molecule has 1 heterocycles. The zero-order chi connectivity index (χ0) is 22.2. The number of esters is 1. The van der Waals surface area contributed by atoms with E-state index < -0.39 is 17.1 Å². The average molecular weight is 423 g/mol. The summed E-state index contributed by atoms with van der Waals surface area (Å²) in [6.45, 7) is 16.0. The molecule has 1 spiro atoms. The van der Waals surface area contributed by atoms with Crippen LogP contribution in [0.15, 0.2) is 36.0 Å². The summed E-state index contributed by atoms with van der Waals surface area (Å²) in [5.41, 5.74) is 1.18. The maximum atomic E-state index is 14.0. The van der Waals surface area contributed by atoms with Crippen LogP contribution in [-0.4, -0.2) is 22.8 Å². The van der Waals surface area contributed by atoms with Gasteiger partial charge in [0.05, 0.1) is 11.5 Å². The van der Waals surface area contributed by atoms with E-state index in [1.54, 1.807) is 0 Å². The quantitative estimate of drug-likeness (QED) is 0.442. The Morgan fingerprint density at radius 2 is 1.81 bits per heavy atom. The van der Waals surface area contributed by atoms with E-state index in [9.17, 15) is 9.90 Å². The molecule has 0 aromatic rings. The van der Waals surface area contributed by atoms with E-state index in [4.69, 9.17) is 4.74 Å². The monoisotopic (exact) mass is 422 g/mol. The van der Waals surface area contributed by atoms with Crippen LogP contribution >= 0.6 is 0 Å². The summed E-state index contributed by atoms with van der Waals surface area (Å²) in [4.78, 5) is 14.0. The van der Waals surface area contributed by atoms with Gasteiger partial charge in [-0.25, -0.2) is 0 Å². The second-order valence-corrected chi connectivity index (χ2v) is 12.9. The molecule has 3 nitrogen and oxygen atoms in total. The van der Waals surface area contributed by atoms with E-state index in [0.29, 0.717) is 18.3 Å². The van der Waals surface area contributed by atoms with E-state index in [0.717, 1.165) is 36.8 Å². The molecule has 5 aliphatic carbocycles. The van der Waals surface area contributed by atoms with Crippen molar-refractivity contribution >= 4 is 5.97 Å². The van der Waals surface area contributed by atoms with Crippen LogP contribution in [0, 0.1) is 45.3 Å². The molecule has 31 heavy (non-hydrogen) atoms. The molecule has 168 valence electrons. The SMILES string of the molecule is C=C(C)C1CC(O)C2=CCC34C(=O)OC21C3CCC1C2(C)C=CC(C)(C)C2CCC14C. The van der Waals surface area contributed by atoms with Crippen molar-refractivity contribution in [2.24, 2.45) is 45.3 Å². The number of aliphatic hydroxyl groups excluding tert-OH is 1. The summed E-state index contributed by atoms with van der Waals surface area (Å²) in [6.07, 6.45) is 12.4. The highest BCUT2D eigenvalue weighted by Crippen LogP contribution is 2.78. The van der Waals surface area contributed by atoms with Gasteiger partial charge in [-0.05, 0) is 79.1 Å². The van der Waals surface area contributed by atoms with Crippen molar-refractivity contribution in [3.63, 3.8) is 0 Å². The Morgan fingerprint density at radius 1 is 1.10 bits per heavy atom. The maximum absolute atomic E-state index is 14.0. The fourth-order valence-corrected chi connectivity index (χ4v) is 10.3. The molecule has 1 saturated heterocycles. The minimum absolute atomic E-state index is 0.0135. The van der Waals surface area contributed by atoms with Crippen LogP contribution < -0.4 is 0 Å². The topological polar surface area (TPSA) is 46.5 Å². The number of hydrogen-bond acceptors (Lipinski definition) is 3. The van der Waals surface area contributed by atoms with Gasteiger partial charge in [-0.3, -0.25) is 4.79 Å². The van der Waals surface area contributed by atoms with Gasteiger partial charge in [-0.2, -0.15) is 0 Å². The predicted octanol–water partition coefficient (Wildman–Crippen LogP) is 5.60. The average Bonchev–Trinajstić information content (AvgIpc) is 3.18. The standard InChI is InChI=1S/C28H38O3/c1-16(2)18-15-19(29)17-9-12-27-22(28(17,18)31-23(27)30)8-7-21-25(5)14-13-24(3,4)20(25)10-11-26(21,27)6/h9,13-14,18-22,29H,1,7-8,10-12,15H2,2-6H3. The molecule has 9 atom stereocenters. The second-order valence-electron chi connectivity index (χ2n) is 12.9. The zero-order valence-electron chi connectivity index (χ0n) is 19.8. The fraction of sp³-hybridized carbons (Fsp3) is 0.750. The van der Waals surface area contributed by atoms with Gasteiger partial charge < -0.3 is 9.84 Å². The van der Waals surface area contributed by atoms with Gasteiger partial charge in [0.1, 0.15) is 5.60 Å². The smallest absolute Gasteiger partial charge is 0.314 e. The number of rotatable bonds is 1. The summed E-state index contributed by atoms with van der Waals surface area (Å²) in [5.74, 6) is 1.33. The van der Waals surface area contributed by atoms with Crippen molar-refractivity contribution in [2.45, 2.75) is 84.8 Å². The third kappa shape index (κ3) is 1.93. The lowest BCUT2D eigenvalue weighted by molar-refractivity contribution is -0.182. The first kappa shape index (κ1) is 20.3. The van der Waals surface area contributed by atoms with E-state index in [1.807, 2.05) is 6.92 Å². The molecule has 4 fully saturated rings. The van der Waals surface area contributed by atoms with Gasteiger partial charge in [0.2, 0.25) is 0 Å². The maximum Gasteiger partial charge on any atom is 0.314 e. The molecule has 3 saturated carbocycles. The molecule has 6 aliphatic rings. The predicted molar refractivity (Wildman–Crippen MR) is 121 cm³/mol. The molecule has 3 heteroatoms. The van der Waals surface area contributed by atoms with Gasteiger partial charge in [-0.15, -0.1) is 0 Å². The van der Waals surface area contributed by atoms with Crippen molar-refractivity contribution in [2.75, 3.05) is 0 Å². The van der Waals surface area contributed by atoms with Gasteiger partial charge in [-0.1, -0.05) is 58.1 Å². The Morgan fingerprint density at radius 3 is 2.52 bits per heavy atom. The largest absolute Gasteiger partial charge is 0.453 e. The lowest BCUT2D eigenvalue weighted by Gasteiger charge is -2.65. The van der Waals surface area contributed by atoms with Crippen molar-refractivity contribution in [3.05, 3.63) is 36.0 Å². The molecule has 2 bridgehead atoms. The highest BCUT2D eigenvalue weighted by Gasteiger charge is 2.80. The summed E-state index contributed by atoms with van der Waals surface area (Å²) in [6, 6.07) is 0. The minimum Gasteiger partial charge on any atom is -0.453 e. The highest BCUT2D eigenvalue weighted by atomic mass is 16.6. The van der Waals surface area contributed by atoms with Gasteiger partial charge in [0.25, 0.3) is 0 Å². The van der Waals surface area contributed by atoms with Crippen LogP contribution in [0.2, 0.25) is 0 Å². The summed E-state index contributed by atoms with van der Waals surface area (Å²) in [5, 5.41) is 10.9. The first-order valence-corrected chi connectivity index (χ1v) is 12.4. The normalized spacial score (nSPS) is 55.6. The van der Waals surface area contributed by atoms with Crippen molar-refractivity contribution < 1.29 is 14.6 Å². The van der Waals surface area contributed by atoms with Crippen molar-refractivity contribution in [1.82, 2.24) is 0 Å². The molecule has 0 amide bonds. The first-order chi connectivity index (χ1) is 14.4. The van der Waals surface area contributed by atoms with Crippen LogP contribution in [-0.2, 0) is 9.53 Å². The minimum atomic E-state index is -0.656. The lowest BCUT2D eigenvalue weighted by Crippen LogP contribution is -2.64. The summed E-state index contributed by atoms with van der Waals surface area (Å²) >= 11 is 0. The van der Waals surface area contributed by atoms with Crippen molar-refractivity contribution in [3.8, 4) is 0 Å². The van der Waals surface area contributed by atoms with E-state index in [-0.39, 0.29) is 34.1 Å².